The third-order valence-electron chi connectivity index (χ3n) is 1.33. The average molecular weight is 232 g/mol. The highest BCUT2D eigenvalue weighted by Gasteiger charge is 1.60. The molecular formula is C12H12N2OS. The summed E-state index contributed by atoms with van der Waals surface area (Å²) in [5, 5.41) is 4.08. The van der Waals surface area contributed by atoms with E-state index in [1.807, 2.05) is 35.0 Å². The van der Waals surface area contributed by atoms with Gasteiger partial charge in [0.2, 0.25) is 0 Å². The van der Waals surface area contributed by atoms with Gasteiger partial charge < -0.3 is 4.42 Å². The maximum absolute atomic E-state index is 4.58. The van der Waals surface area contributed by atoms with Crippen LogP contribution >= 0.6 is 11.3 Å². The highest BCUT2D eigenvalue weighted by atomic mass is 32.1. The lowest BCUT2D eigenvalue weighted by Gasteiger charge is -1.70. The minimum absolute atomic E-state index is 1.62. The van der Waals surface area contributed by atoms with E-state index in [2.05, 4.69) is 14.4 Å². The second-order valence-corrected chi connectivity index (χ2v) is 3.30. The molecule has 0 radical (unpaired) electrons. The number of rotatable bonds is 0. The van der Waals surface area contributed by atoms with Crippen molar-refractivity contribution >= 4 is 11.3 Å². The normalized spacial score (nSPS) is 8.00. The van der Waals surface area contributed by atoms with E-state index in [-0.39, 0.29) is 0 Å². The van der Waals surface area contributed by atoms with Gasteiger partial charge in [-0.25, -0.2) is 0 Å². The SMILES string of the molecule is c1ccoc1.c1ccsc1.c1cnccn1. The Morgan fingerprint density at radius 1 is 0.688 bits per heavy atom. The zero-order valence-electron chi connectivity index (χ0n) is 8.64. The molecular weight excluding hydrogens is 220 g/mol. The van der Waals surface area contributed by atoms with Crippen molar-refractivity contribution in [3.8, 4) is 0 Å². The second kappa shape index (κ2) is 9.61. The van der Waals surface area contributed by atoms with Crippen molar-refractivity contribution in [2.24, 2.45) is 0 Å². The maximum Gasteiger partial charge on any atom is 0.0902 e. The molecule has 3 aromatic heterocycles. The van der Waals surface area contributed by atoms with Crippen molar-refractivity contribution in [3.05, 3.63) is 72.3 Å². The summed E-state index contributed by atoms with van der Waals surface area (Å²) >= 11 is 1.71. The fraction of sp³-hybridized carbons (Fsp3) is 0. The molecule has 3 nitrogen and oxygen atoms in total. The van der Waals surface area contributed by atoms with Crippen LogP contribution in [0, 0.1) is 0 Å². The van der Waals surface area contributed by atoms with Crippen molar-refractivity contribution in [1.82, 2.24) is 9.97 Å². The highest BCUT2D eigenvalue weighted by Crippen LogP contribution is 1.91. The summed E-state index contributed by atoms with van der Waals surface area (Å²) in [6.45, 7) is 0. The van der Waals surface area contributed by atoms with Crippen molar-refractivity contribution < 1.29 is 4.42 Å². The molecule has 0 saturated heterocycles. The molecule has 0 aromatic carbocycles. The van der Waals surface area contributed by atoms with Gasteiger partial charge in [-0.05, 0) is 22.9 Å². The van der Waals surface area contributed by atoms with E-state index < -0.39 is 0 Å². The first-order valence-electron chi connectivity index (χ1n) is 4.64. The molecule has 0 amide bonds. The topological polar surface area (TPSA) is 38.9 Å². The zero-order valence-corrected chi connectivity index (χ0v) is 9.46. The van der Waals surface area contributed by atoms with Crippen LogP contribution in [0.5, 0.6) is 0 Å². The number of nitrogens with zero attached hydrogens (tertiary/aromatic N) is 2. The first-order chi connectivity index (χ1) is 8.00. The Hall–Kier alpha value is -1.94. The van der Waals surface area contributed by atoms with Crippen molar-refractivity contribution in [2.75, 3.05) is 0 Å². The lowest BCUT2D eigenvalue weighted by molar-refractivity contribution is 0.567. The monoisotopic (exact) mass is 232 g/mol. The fourth-order valence-corrected chi connectivity index (χ4v) is 1.16. The van der Waals surface area contributed by atoms with Gasteiger partial charge in [-0.1, -0.05) is 12.1 Å². The van der Waals surface area contributed by atoms with Crippen LogP contribution in [0.3, 0.4) is 0 Å². The summed E-state index contributed by atoms with van der Waals surface area (Å²) in [4.78, 5) is 7.44. The second-order valence-electron chi connectivity index (χ2n) is 2.48. The quantitative estimate of drug-likeness (QED) is 0.595. The predicted molar refractivity (Wildman–Crippen MR) is 65.1 cm³/mol. The van der Waals surface area contributed by atoms with Gasteiger partial charge in [-0.3, -0.25) is 9.97 Å². The van der Waals surface area contributed by atoms with Gasteiger partial charge in [0.25, 0.3) is 0 Å². The lowest BCUT2D eigenvalue weighted by atomic mass is 10.7. The fourth-order valence-electron chi connectivity index (χ4n) is 0.707. The number of aromatic nitrogens is 2. The van der Waals surface area contributed by atoms with Crippen LogP contribution in [-0.4, -0.2) is 9.97 Å². The van der Waals surface area contributed by atoms with E-state index in [0.717, 1.165) is 0 Å². The van der Waals surface area contributed by atoms with E-state index >= 15 is 0 Å². The molecule has 0 atom stereocenters. The zero-order chi connectivity index (χ0) is 11.3. The van der Waals surface area contributed by atoms with Crippen LogP contribution in [-0.2, 0) is 0 Å². The van der Waals surface area contributed by atoms with Gasteiger partial charge in [0.15, 0.2) is 0 Å². The number of furan rings is 1. The van der Waals surface area contributed by atoms with Crippen LogP contribution < -0.4 is 0 Å². The van der Waals surface area contributed by atoms with Crippen LogP contribution in [0.25, 0.3) is 0 Å². The molecule has 16 heavy (non-hydrogen) atoms. The molecule has 0 saturated carbocycles. The summed E-state index contributed by atoms with van der Waals surface area (Å²) in [7, 11) is 0. The molecule has 82 valence electrons. The van der Waals surface area contributed by atoms with Crippen LogP contribution in [0.4, 0.5) is 0 Å². The Balaban J connectivity index is 0.000000121. The van der Waals surface area contributed by atoms with Gasteiger partial charge in [-0.15, -0.1) is 0 Å². The Morgan fingerprint density at radius 2 is 1.19 bits per heavy atom. The molecule has 0 unspecified atom stereocenters. The van der Waals surface area contributed by atoms with Crippen molar-refractivity contribution in [1.29, 1.82) is 0 Å². The predicted octanol–water partition coefficient (Wildman–Crippen LogP) is 3.50. The Labute approximate surface area is 98.4 Å². The summed E-state index contributed by atoms with van der Waals surface area (Å²) in [5.74, 6) is 0. The van der Waals surface area contributed by atoms with Gasteiger partial charge in [0, 0.05) is 24.8 Å². The van der Waals surface area contributed by atoms with Crippen LogP contribution in [0.1, 0.15) is 0 Å². The lowest BCUT2D eigenvalue weighted by Crippen LogP contribution is -1.66. The van der Waals surface area contributed by atoms with Crippen LogP contribution in [0.15, 0.2) is 76.8 Å². The number of thiophene rings is 1. The Bertz CT molecular complexity index is 310. The molecule has 0 aliphatic rings. The minimum Gasteiger partial charge on any atom is -0.473 e. The molecule has 3 rings (SSSR count). The van der Waals surface area contributed by atoms with Crippen molar-refractivity contribution in [3.63, 3.8) is 0 Å². The molecule has 0 fully saturated rings. The van der Waals surface area contributed by atoms with E-state index in [0.29, 0.717) is 0 Å². The maximum atomic E-state index is 4.58. The van der Waals surface area contributed by atoms with Gasteiger partial charge >= 0.3 is 0 Å². The molecule has 0 aliphatic heterocycles. The van der Waals surface area contributed by atoms with Crippen molar-refractivity contribution in [2.45, 2.75) is 0 Å². The Morgan fingerprint density at radius 3 is 1.38 bits per heavy atom. The molecule has 0 bridgehead atoms. The molecule has 0 spiro atoms. The third-order valence-corrected chi connectivity index (χ3v) is 1.96. The van der Waals surface area contributed by atoms with E-state index in [1.54, 1.807) is 48.7 Å². The number of hydrogen-bond donors (Lipinski definition) is 0. The number of hydrogen-bond acceptors (Lipinski definition) is 4. The molecule has 4 heteroatoms. The van der Waals surface area contributed by atoms with Gasteiger partial charge in [0.1, 0.15) is 0 Å². The van der Waals surface area contributed by atoms with Crippen LogP contribution in [0.2, 0.25) is 0 Å². The first kappa shape index (κ1) is 12.1. The summed E-state index contributed by atoms with van der Waals surface area (Å²) in [6, 6.07) is 7.70. The first-order valence-corrected chi connectivity index (χ1v) is 5.59. The summed E-state index contributed by atoms with van der Waals surface area (Å²) in [6.07, 6.45) is 9.81. The third kappa shape index (κ3) is 7.46. The summed E-state index contributed by atoms with van der Waals surface area (Å²) in [5.41, 5.74) is 0. The highest BCUT2D eigenvalue weighted by molar-refractivity contribution is 7.07. The van der Waals surface area contributed by atoms with E-state index in [1.165, 1.54) is 0 Å². The Kier molecular flexibility index (Phi) is 7.29. The average Bonchev–Trinajstić information content (AvgIpc) is 3.10. The van der Waals surface area contributed by atoms with Gasteiger partial charge in [-0.2, -0.15) is 11.3 Å². The standard InChI is InChI=1S/C4H4N2.C4H4O.C4H4S/c1-2-6-4-3-5-1;2*1-2-4-5-3-1/h1-4H;2*1-4H. The van der Waals surface area contributed by atoms with E-state index in [9.17, 15) is 0 Å². The van der Waals surface area contributed by atoms with E-state index in [4.69, 9.17) is 0 Å². The molecule has 0 N–H and O–H groups in total. The minimum atomic E-state index is 1.62. The molecule has 3 aromatic rings. The smallest absolute Gasteiger partial charge is 0.0902 e. The molecule has 3 heterocycles. The molecule has 0 aliphatic carbocycles. The van der Waals surface area contributed by atoms with Gasteiger partial charge in [0.05, 0.1) is 12.5 Å². The summed E-state index contributed by atoms with van der Waals surface area (Å²) < 4.78 is 4.58. The largest absolute Gasteiger partial charge is 0.473 e.